The van der Waals surface area contributed by atoms with Gasteiger partial charge in [-0.1, -0.05) is 48.9 Å². The molecule has 1 aliphatic heterocycles. The Morgan fingerprint density at radius 2 is 1.79 bits per heavy atom. The lowest BCUT2D eigenvalue weighted by Gasteiger charge is -2.33. The van der Waals surface area contributed by atoms with Crippen LogP contribution in [0.4, 0.5) is 0 Å². The molecule has 2 aliphatic rings. The molecule has 0 fully saturated rings. The van der Waals surface area contributed by atoms with Gasteiger partial charge in [0.15, 0.2) is 5.78 Å². The van der Waals surface area contributed by atoms with Gasteiger partial charge in [-0.3, -0.25) is 14.7 Å². The Labute approximate surface area is 173 Å². The van der Waals surface area contributed by atoms with Crippen molar-refractivity contribution in [2.75, 3.05) is 13.6 Å². The van der Waals surface area contributed by atoms with Crippen molar-refractivity contribution in [1.29, 1.82) is 0 Å². The minimum absolute atomic E-state index is 0.0303. The van der Waals surface area contributed by atoms with Gasteiger partial charge in [0.1, 0.15) is 23.9 Å². The molecule has 0 radical (unpaired) electrons. The number of allylic oxidation sites excluding steroid dienone is 3. The summed E-state index contributed by atoms with van der Waals surface area (Å²) in [6.07, 6.45) is 0. The van der Waals surface area contributed by atoms with Crippen molar-refractivity contribution < 1.29 is 4.79 Å². The molecule has 1 unspecified atom stereocenters. The standard InChI is InChI=1S/C24H30N4O/c1-14-9-11-21(12-10-14)23-22-17(4)16(3)18(5)24(22)28(19(6)25-8)20(7)27(26-23)13-15(2)29/h9-12,18H,7,13H2,1-6,8H3. The lowest BCUT2D eigenvalue weighted by molar-refractivity contribution is -0.117. The summed E-state index contributed by atoms with van der Waals surface area (Å²) < 4.78 is 0. The zero-order chi connectivity index (χ0) is 21.5. The SMILES string of the molecule is C=C1N(CC(C)=O)N=C(c2ccc(C)cc2)C2=C(C(C)C(C)=C2C)N1C(C)=NC. The average Bonchev–Trinajstić information content (AvgIpc) is 2.82. The highest BCUT2D eigenvalue weighted by atomic mass is 16.1. The molecule has 5 nitrogen and oxygen atoms in total. The van der Waals surface area contributed by atoms with Gasteiger partial charge in [-0.15, -0.1) is 0 Å². The summed E-state index contributed by atoms with van der Waals surface area (Å²) >= 11 is 0. The Balaban J connectivity index is 2.33. The number of benzene rings is 1. The number of aliphatic imine (C=N–C) groups is 1. The number of hydrogen-bond donors (Lipinski definition) is 0. The number of hydrazone groups is 1. The third kappa shape index (κ3) is 3.57. The Morgan fingerprint density at radius 1 is 1.17 bits per heavy atom. The summed E-state index contributed by atoms with van der Waals surface area (Å²) in [5, 5.41) is 6.67. The topological polar surface area (TPSA) is 48.3 Å². The van der Waals surface area contributed by atoms with Crippen LogP contribution in [0.5, 0.6) is 0 Å². The van der Waals surface area contributed by atoms with E-state index in [0.29, 0.717) is 5.82 Å². The first kappa shape index (κ1) is 20.8. The Morgan fingerprint density at radius 3 is 2.34 bits per heavy atom. The highest BCUT2D eigenvalue weighted by Gasteiger charge is 2.38. The second-order valence-corrected chi connectivity index (χ2v) is 7.89. The summed E-state index contributed by atoms with van der Waals surface area (Å²) in [6.45, 7) is 16.6. The van der Waals surface area contributed by atoms with E-state index >= 15 is 0 Å². The van der Waals surface area contributed by atoms with Crippen LogP contribution < -0.4 is 0 Å². The third-order valence-corrected chi connectivity index (χ3v) is 5.88. The summed E-state index contributed by atoms with van der Waals surface area (Å²) in [5.74, 6) is 1.70. The van der Waals surface area contributed by atoms with E-state index in [-0.39, 0.29) is 18.2 Å². The summed E-state index contributed by atoms with van der Waals surface area (Å²) in [5.41, 5.74) is 7.86. The van der Waals surface area contributed by atoms with Crippen LogP contribution in [0.2, 0.25) is 0 Å². The minimum atomic E-state index is 0.0303. The number of nitrogens with zero attached hydrogens (tertiary/aromatic N) is 4. The van der Waals surface area contributed by atoms with Crippen LogP contribution in [0.1, 0.15) is 45.7 Å². The monoisotopic (exact) mass is 390 g/mol. The second-order valence-electron chi connectivity index (χ2n) is 7.89. The van der Waals surface area contributed by atoms with Gasteiger partial charge in [-0.05, 0) is 40.2 Å². The first-order chi connectivity index (χ1) is 13.7. The molecule has 0 saturated carbocycles. The van der Waals surface area contributed by atoms with Crippen molar-refractivity contribution in [1.82, 2.24) is 9.91 Å². The molecule has 1 aromatic rings. The van der Waals surface area contributed by atoms with Crippen LogP contribution in [0, 0.1) is 12.8 Å². The molecule has 0 N–H and O–H groups in total. The molecule has 0 saturated heterocycles. The number of amidine groups is 1. The van der Waals surface area contributed by atoms with E-state index in [1.165, 1.54) is 16.7 Å². The lowest BCUT2D eigenvalue weighted by Crippen LogP contribution is -2.37. The fourth-order valence-corrected chi connectivity index (χ4v) is 3.93. The van der Waals surface area contributed by atoms with Gasteiger partial charge in [-0.25, -0.2) is 5.01 Å². The van der Waals surface area contributed by atoms with Crippen LogP contribution in [-0.4, -0.2) is 40.8 Å². The van der Waals surface area contributed by atoms with Gasteiger partial charge in [-0.2, -0.15) is 5.10 Å². The fraction of sp³-hybridized carbons (Fsp3) is 0.375. The predicted octanol–water partition coefficient (Wildman–Crippen LogP) is 4.67. The first-order valence-electron chi connectivity index (χ1n) is 9.94. The number of rotatable bonds is 3. The molecule has 1 aromatic carbocycles. The molecular weight excluding hydrogens is 360 g/mol. The molecule has 1 heterocycles. The number of carbonyl (C=O) groups excluding carboxylic acids is 1. The average molecular weight is 391 g/mol. The smallest absolute Gasteiger partial charge is 0.151 e. The maximum Gasteiger partial charge on any atom is 0.151 e. The van der Waals surface area contributed by atoms with Gasteiger partial charge >= 0.3 is 0 Å². The van der Waals surface area contributed by atoms with Crippen LogP contribution in [0.15, 0.2) is 69.2 Å². The van der Waals surface area contributed by atoms with Crippen LogP contribution in [0.25, 0.3) is 0 Å². The predicted molar refractivity (Wildman–Crippen MR) is 120 cm³/mol. The first-order valence-corrected chi connectivity index (χ1v) is 9.94. The zero-order valence-electron chi connectivity index (χ0n) is 18.5. The summed E-state index contributed by atoms with van der Waals surface area (Å²) in [6, 6.07) is 8.37. The molecule has 152 valence electrons. The van der Waals surface area contributed by atoms with E-state index in [4.69, 9.17) is 5.10 Å². The molecule has 0 spiro atoms. The van der Waals surface area contributed by atoms with Crippen molar-refractivity contribution >= 4 is 17.3 Å². The fourth-order valence-electron chi connectivity index (χ4n) is 3.93. The Hall–Kier alpha value is -2.95. The molecule has 5 heteroatoms. The van der Waals surface area contributed by atoms with E-state index in [1.807, 2.05) is 6.92 Å². The largest absolute Gasteiger partial charge is 0.298 e. The molecule has 0 amide bonds. The van der Waals surface area contributed by atoms with Crippen molar-refractivity contribution in [3.63, 3.8) is 0 Å². The summed E-state index contributed by atoms with van der Waals surface area (Å²) in [7, 11) is 1.78. The number of aryl methyl sites for hydroxylation is 1. The number of Topliss-reactive ketones (excluding diaryl/α,β-unsaturated/α-hetero) is 1. The highest BCUT2D eigenvalue weighted by Crippen LogP contribution is 2.43. The number of hydrogen-bond acceptors (Lipinski definition) is 4. The Bertz CT molecular complexity index is 992. The van der Waals surface area contributed by atoms with Gasteiger partial charge in [0, 0.05) is 29.8 Å². The van der Waals surface area contributed by atoms with Crippen LogP contribution in [-0.2, 0) is 4.79 Å². The maximum absolute atomic E-state index is 12.0. The lowest BCUT2D eigenvalue weighted by atomic mass is 9.96. The quantitative estimate of drug-likeness (QED) is 0.557. The number of carbonyl (C=O) groups is 1. The van der Waals surface area contributed by atoms with E-state index < -0.39 is 0 Å². The third-order valence-electron chi connectivity index (χ3n) is 5.88. The molecule has 3 rings (SSSR count). The summed E-state index contributed by atoms with van der Waals surface area (Å²) in [4.78, 5) is 18.5. The van der Waals surface area contributed by atoms with Crippen LogP contribution in [0.3, 0.4) is 0 Å². The van der Waals surface area contributed by atoms with Gasteiger partial charge < -0.3 is 0 Å². The maximum atomic E-state index is 12.0. The molecule has 1 atom stereocenters. The zero-order valence-corrected chi connectivity index (χ0v) is 18.5. The molecule has 0 bridgehead atoms. The van der Waals surface area contributed by atoms with Gasteiger partial charge in [0.25, 0.3) is 0 Å². The Kier molecular flexibility index (Phi) is 5.60. The van der Waals surface area contributed by atoms with Crippen molar-refractivity contribution in [2.24, 2.45) is 16.0 Å². The van der Waals surface area contributed by atoms with Crippen LogP contribution >= 0.6 is 0 Å². The van der Waals surface area contributed by atoms with Gasteiger partial charge in [0.2, 0.25) is 0 Å². The molecule has 29 heavy (non-hydrogen) atoms. The normalized spacial score (nSPS) is 20.2. The molecule has 0 aromatic heterocycles. The second kappa shape index (κ2) is 7.82. The van der Waals surface area contributed by atoms with Crippen molar-refractivity contribution in [3.8, 4) is 0 Å². The van der Waals surface area contributed by atoms with Crippen molar-refractivity contribution in [2.45, 2.75) is 41.5 Å². The van der Waals surface area contributed by atoms with Crippen molar-refractivity contribution in [3.05, 3.63) is 70.2 Å². The van der Waals surface area contributed by atoms with E-state index in [0.717, 1.165) is 28.4 Å². The van der Waals surface area contributed by atoms with Gasteiger partial charge in [0.05, 0.1) is 0 Å². The van der Waals surface area contributed by atoms with E-state index in [2.05, 4.69) is 68.4 Å². The number of ketones is 1. The molecule has 1 aliphatic carbocycles. The molecular formula is C24H30N4O. The van der Waals surface area contributed by atoms with E-state index in [1.54, 1.807) is 19.0 Å². The minimum Gasteiger partial charge on any atom is -0.298 e. The van der Waals surface area contributed by atoms with E-state index in [9.17, 15) is 4.79 Å². The highest BCUT2D eigenvalue weighted by molar-refractivity contribution is 6.17.